The van der Waals surface area contributed by atoms with Crippen molar-refractivity contribution in [2.24, 2.45) is 5.14 Å². The predicted molar refractivity (Wildman–Crippen MR) is 139 cm³/mol. The number of aromatic nitrogens is 2. The molecular weight excluding hydrogens is 484 g/mol. The molecule has 1 aliphatic rings. The minimum Gasteiger partial charge on any atom is -0.325 e. The molecule has 1 heterocycles. The second-order valence-corrected chi connectivity index (χ2v) is 11.4. The van der Waals surface area contributed by atoms with Crippen LogP contribution in [0.15, 0.2) is 75.0 Å². The Morgan fingerprint density at radius 1 is 1.17 bits per heavy atom. The molecule has 3 aromatic rings. The Morgan fingerprint density at radius 2 is 1.91 bits per heavy atom. The summed E-state index contributed by atoms with van der Waals surface area (Å²) in [6.45, 7) is 2.25. The normalized spacial score (nSPS) is 15.0. The number of thioether (sulfide) groups is 1. The standard InChI is InChI=1S/C25H28N4O4S2/c1-17(23(30)27-19-11-13-20(14-12-19)35(26,32)33)34-25-28-22-10-6-5-9-21(22)24(31)29(25)16-15-18-7-3-2-4-8-18/h5-7,9-14,17H,2-4,8,15-16H2,1H3,(H,27,30)(H2,26,32,33). The molecule has 1 amide bonds. The highest BCUT2D eigenvalue weighted by atomic mass is 32.2. The molecule has 0 fully saturated rings. The summed E-state index contributed by atoms with van der Waals surface area (Å²) in [7, 11) is -3.81. The number of hydrogen-bond donors (Lipinski definition) is 2. The lowest BCUT2D eigenvalue weighted by Gasteiger charge is -2.18. The molecule has 0 radical (unpaired) electrons. The van der Waals surface area contributed by atoms with Gasteiger partial charge in [-0.2, -0.15) is 0 Å². The van der Waals surface area contributed by atoms with Crippen molar-refractivity contribution in [3.05, 3.63) is 70.5 Å². The number of sulfonamides is 1. The first-order valence-corrected chi connectivity index (χ1v) is 13.9. The number of carbonyl (C=O) groups excluding carboxylic acids is 1. The maximum atomic E-state index is 13.3. The molecule has 1 atom stereocenters. The number of amides is 1. The van der Waals surface area contributed by atoms with E-state index in [0.717, 1.165) is 19.3 Å². The van der Waals surface area contributed by atoms with E-state index in [0.29, 0.717) is 28.3 Å². The van der Waals surface area contributed by atoms with Gasteiger partial charge in [0.2, 0.25) is 15.9 Å². The monoisotopic (exact) mass is 512 g/mol. The van der Waals surface area contributed by atoms with E-state index in [9.17, 15) is 18.0 Å². The minimum absolute atomic E-state index is 0.0321. The average Bonchev–Trinajstić information content (AvgIpc) is 2.84. The Hall–Kier alpha value is -2.95. The van der Waals surface area contributed by atoms with Gasteiger partial charge in [0.1, 0.15) is 0 Å². The van der Waals surface area contributed by atoms with Crippen LogP contribution in [0.25, 0.3) is 10.9 Å². The van der Waals surface area contributed by atoms with Crippen LogP contribution in [0.2, 0.25) is 0 Å². The van der Waals surface area contributed by atoms with E-state index in [1.54, 1.807) is 23.6 Å². The Kier molecular flexibility index (Phi) is 7.73. The third kappa shape index (κ3) is 6.19. The van der Waals surface area contributed by atoms with E-state index in [-0.39, 0.29) is 16.4 Å². The highest BCUT2D eigenvalue weighted by Gasteiger charge is 2.20. The van der Waals surface area contributed by atoms with Gasteiger partial charge in [-0.15, -0.1) is 0 Å². The number of nitrogens with one attached hydrogen (secondary N) is 1. The number of allylic oxidation sites excluding steroid dienone is 2. The zero-order chi connectivity index (χ0) is 25.0. The number of benzene rings is 2. The fraction of sp³-hybridized carbons (Fsp3) is 0.320. The molecule has 35 heavy (non-hydrogen) atoms. The number of primary sulfonamides is 1. The third-order valence-electron chi connectivity index (χ3n) is 5.97. The van der Waals surface area contributed by atoms with Crippen molar-refractivity contribution in [1.29, 1.82) is 0 Å². The van der Waals surface area contributed by atoms with Crippen molar-refractivity contribution in [1.82, 2.24) is 9.55 Å². The molecule has 0 aliphatic heterocycles. The van der Waals surface area contributed by atoms with Gasteiger partial charge < -0.3 is 5.32 Å². The van der Waals surface area contributed by atoms with Crippen LogP contribution in [0.4, 0.5) is 5.69 Å². The SMILES string of the molecule is CC(Sc1nc2ccccc2c(=O)n1CCC1=CCCCC1)C(=O)Nc1ccc(S(N)(=O)=O)cc1. The van der Waals surface area contributed by atoms with Crippen LogP contribution in [0.1, 0.15) is 39.0 Å². The van der Waals surface area contributed by atoms with Gasteiger partial charge in [0.15, 0.2) is 5.16 Å². The van der Waals surface area contributed by atoms with Gasteiger partial charge >= 0.3 is 0 Å². The van der Waals surface area contributed by atoms with Crippen LogP contribution in [0.3, 0.4) is 0 Å². The zero-order valence-electron chi connectivity index (χ0n) is 19.4. The lowest BCUT2D eigenvalue weighted by atomic mass is 9.97. The van der Waals surface area contributed by atoms with Crippen molar-refractivity contribution in [2.45, 2.75) is 60.9 Å². The molecular formula is C25H28N4O4S2. The van der Waals surface area contributed by atoms with Crippen molar-refractivity contribution in [3.63, 3.8) is 0 Å². The van der Waals surface area contributed by atoms with Gasteiger partial charge in [-0.05, 0) is 75.4 Å². The fourth-order valence-electron chi connectivity index (χ4n) is 4.01. The number of fused-ring (bicyclic) bond motifs is 1. The Labute approximate surface area is 208 Å². The number of para-hydroxylation sites is 1. The van der Waals surface area contributed by atoms with E-state index in [1.807, 2.05) is 12.1 Å². The lowest BCUT2D eigenvalue weighted by Crippen LogP contribution is -2.27. The van der Waals surface area contributed by atoms with Crippen LogP contribution in [-0.4, -0.2) is 29.1 Å². The summed E-state index contributed by atoms with van der Waals surface area (Å²) in [5.74, 6) is -0.290. The molecule has 2 aromatic carbocycles. The molecule has 0 saturated carbocycles. The molecule has 1 unspecified atom stereocenters. The van der Waals surface area contributed by atoms with Gasteiger partial charge in [0, 0.05) is 12.2 Å². The number of nitrogens with two attached hydrogens (primary N) is 1. The Morgan fingerprint density at radius 3 is 2.60 bits per heavy atom. The molecule has 1 aromatic heterocycles. The first-order chi connectivity index (χ1) is 16.7. The summed E-state index contributed by atoms with van der Waals surface area (Å²) in [6, 6.07) is 12.9. The van der Waals surface area contributed by atoms with Gasteiger partial charge in [-0.25, -0.2) is 18.5 Å². The number of anilines is 1. The summed E-state index contributed by atoms with van der Waals surface area (Å²) in [5.41, 5.74) is 2.30. The van der Waals surface area contributed by atoms with Crippen LogP contribution in [0.5, 0.6) is 0 Å². The quantitative estimate of drug-likeness (QED) is 0.267. The molecule has 4 rings (SSSR count). The summed E-state index contributed by atoms with van der Waals surface area (Å²) >= 11 is 1.23. The van der Waals surface area contributed by atoms with Crippen LogP contribution in [0, 0.1) is 0 Å². The van der Waals surface area contributed by atoms with Gasteiger partial charge in [-0.3, -0.25) is 14.2 Å². The number of rotatable bonds is 8. The van der Waals surface area contributed by atoms with E-state index in [1.165, 1.54) is 54.4 Å². The van der Waals surface area contributed by atoms with E-state index in [4.69, 9.17) is 10.1 Å². The van der Waals surface area contributed by atoms with E-state index >= 15 is 0 Å². The summed E-state index contributed by atoms with van der Waals surface area (Å²) in [4.78, 5) is 30.9. The topological polar surface area (TPSA) is 124 Å². The third-order valence-corrected chi connectivity index (χ3v) is 7.99. The summed E-state index contributed by atoms with van der Waals surface area (Å²) in [5, 5.41) is 8.40. The van der Waals surface area contributed by atoms with Crippen molar-refractivity contribution >= 4 is 44.3 Å². The highest BCUT2D eigenvalue weighted by molar-refractivity contribution is 8.00. The summed E-state index contributed by atoms with van der Waals surface area (Å²) in [6.07, 6.45) is 7.57. The van der Waals surface area contributed by atoms with Crippen LogP contribution in [-0.2, 0) is 21.4 Å². The lowest BCUT2D eigenvalue weighted by molar-refractivity contribution is -0.115. The molecule has 184 valence electrons. The van der Waals surface area contributed by atoms with Gasteiger partial charge in [-0.1, -0.05) is 35.5 Å². The second kappa shape index (κ2) is 10.8. The van der Waals surface area contributed by atoms with E-state index < -0.39 is 15.3 Å². The maximum absolute atomic E-state index is 13.3. The van der Waals surface area contributed by atoms with Crippen molar-refractivity contribution < 1.29 is 13.2 Å². The molecule has 8 nitrogen and oxygen atoms in total. The van der Waals surface area contributed by atoms with Gasteiger partial charge in [0.05, 0.1) is 21.0 Å². The number of nitrogens with zero attached hydrogens (tertiary/aromatic N) is 2. The van der Waals surface area contributed by atoms with Crippen LogP contribution < -0.4 is 16.0 Å². The largest absolute Gasteiger partial charge is 0.325 e. The smallest absolute Gasteiger partial charge is 0.262 e. The predicted octanol–water partition coefficient (Wildman–Crippen LogP) is 4.05. The fourth-order valence-corrected chi connectivity index (χ4v) is 5.46. The highest BCUT2D eigenvalue weighted by Crippen LogP contribution is 2.26. The number of hydrogen-bond acceptors (Lipinski definition) is 6. The number of carbonyl (C=O) groups is 1. The molecule has 3 N–H and O–H groups in total. The summed E-state index contributed by atoms with van der Waals surface area (Å²) < 4.78 is 24.5. The first-order valence-electron chi connectivity index (χ1n) is 11.5. The molecule has 0 spiro atoms. The molecule has 10 heteroatoms. The maximum Gasteiger partial charge on any atom is 0.262 e. The average molecular weight is 513 g/mol. The minimum atomic E-state index is -3.81. The van der Waals surface area contributed by atoms with Crippen molar-refractivity contribution in [2.75, 3.05) is 5.32 Å². The molecule has 0 saturated heterocycles. The molecule has 0 bridgehead atoms. The Bertz CT molecular complexity index is 1430. The zero-order valence-corrected chi connectivity index (χ0v) is 21.1. The van der Waals surface area contributed by atoms with Gasteiger partial charge in [0.25, 0.3) is 5.56 Å². The van der Waals surface area contributed by atoms with Crippen LogP contribution >= 0.6 is 11.8 Å². The second-order valence-electron chi connectivity index (χ2n) is 8.55. The van der Waals surface area contributed by atoms with Crippen molar-refractivity contribution in [3.8, 4) is 0 Å². The van der Waals surface area contributed by atoms with E-state index in [2.05, 4.69) is 11.4 Å². The first kappa shape index (κ1) is 25.2. The Balaban J connectivity index is 1.55. The molecule has 1 aliphatic carbocycles.